The fourth-order valence-corrected chi connectivity index (χ4v) is 1.47. The Bertz CT molecular complexity index is 283. The molecular weight excluding hydrogens is 218 g/mol. The number of hydrogen-bond acceptors (Lipinski definition) is 4. The monoisotopic (exact) mass is 233 g/mol. The molecule has 0 radical (unpaired) electrons. The van der Waals surface area contributed by atoms with Gasteiger partial charge in [-0.2, -0.15) is 0 Å². The lowest BCUT2D eigenvalue weighted by Crippen LogP contribution is -2.30. The minimum Gasteiger partial charge on any atom is -0.457 e. The van der Waals surface area contributed by atoms with Crippen molar-refractivity contribution in [2.75, 3.05) is 12.5 Å². The highest BCUT2D eigenvalue weighted by molar-refractivity contribution is 6.17. The molecule has 15 heavy (non-hydrogen) atoms. The topological polar surface area (TPSA) is 49.8 Å². The molecule has 0 saturated heterocycles. The van der Waals surface area contributed by atoms with Crippen LogP contribution in [0.4, 0.5) is 0 Å². The van der Waals surface area contributed by atoms with E-state index >= 15 is 0 Å². The zero-order valence-electron chi connectivity index (χ0n) is 9.16. The van der Waals surface area contributed by atoms with Crippen LogP contribution < -0.4 is 0 Å². The first kappa shape index (κ1) is 12.5. The van der Waals surface area contributed by atoms with E-state index in [2.05, 4.69) is 0 Å². The molecule has 0 unspecified atom stereocenters. The van der Waals surface area contributed by atoms with Crippen molar-refractivity contribution in [3.63, 3.8) is 0 Å². The predicted octanol–water partition coefficient (Wildman–Crippen LogP) is 1.08. The Labute approximate surface area is 94.5 Å². The number of esters is 1. The fraction of sp³-hybridized carbons (Fsp3) is 0.700. The Hall–Kier alpha value is -0.580. The van der Waals surface area contributed by atoms with E-state index in [4.69, 9.17) is 16.3 Å². The van der Waals surface area contributed by atoms with Gasteiger partial charge < -0.3 is 9.84 Å². The number of alkyl halides is 1. The lowest BCUT2D eigenvalue weighted by molar-refractivity contribution is -0.149. The summed E-state index contributed by atoms with van der Waals surface area (Å²) in [7, 11) is 0. The van der Waals surface area contributed by atoms with Crippen LogP contribution in [-0.2, 0) is 9.53 Å². The highest BCUT2D eigenvalue weighted by Gasteiger charge is 2.28. The summed E-state index contributed by atoms with van der Waals surface area (Å²) in [6.45, 7) is 5.74. The number of aliphatic hydroxyl groups excluding tert-OH is 1. The molecular formula is C10H16ClNO3. The second kappa shape index (κ2) is 4.51. The van der Waals surface area contributed by atoms with E-state index in [1.807, 2.05) is 0 Å². The number of ether oxygens (including phenoxy) is 1. The van der Waals surface area contributed by atoms with E-state index in [1.165, 1.54) is 6.08 Å². The molecule has 0 aliphatic carbocycles. The number of carbonyl (C=O) groups excluding carboxylic acids is 1. The van der Waals surface area contributed by atoms with Gasteiger partial charge in [0.15, 0.2) is 0 Å². The van der Waals surface area contributed by atoms with Gasteiger partial charge in [0.2, 0.25) is 0 Å². The van der Waals surface area contributed by atoms with Crippen LogP contribution in [-0.4, -0.2) is 40.4 Å². The number of nitrogens with zero attached hydrogens (tertiary/aromatic N) is 1. The molecule has 0 aromatic rings. The van der Waals surface area contributed by atoms with E-state index in [0.29, 0.717) is 12.1 Å². The average Bonchev–Trinajstić information content (AvgIpc) is 2.43. The van der Waals surface area contributed by atoms with Crippen LogP contribution in [0.3, 0.4) is 0 Å². The van der Waals surface area contributed by atoms with Gasteiger partial charge in [-0.25, -0.2) is 4.79 Å². The molecule has 1 aliphatic rings. The third-order valence-electron chi connectivity index (χ3n) is 1.91. The minimum absolute atomic E-state index is 0.184. The van der Waals surface area contributed by atoms with Crippen LogP contribution in [0.5, 0.6) is 0 Å². The number of hydrogen-bond donors (Lipinski definition) is 1. The van der Waals surface area contributed by atoms with Crippen molar-refractivity contribution in [3.05, 3.63) is 11.6 Å². The molecule has 0 fully saturated rings. The normalized spacial score (nSPS) is 22.7. The van der Waals surface area contributed by atoms with Crippen molar-refractivity contribution in [1.82, 2.24) is 4.90 Å². The summed E-state index contributed by atoms with van der Waals surface area (Å²) in [6, 6.07) is 0.184. The summed E-state index contributed by atoms with van der Waals surface area (Å²) in [4.78, 5) is 13.2. The molecule has 0 aromatic heterocycles. The van der Waals surface area contributed by atoms with Gasteiger partial charge in [0.1, 0.15) is 11.8 Å². The lowest BCUT2D eigenvalue weighted by Gasteiger charge is -2.20. The fourth-order valence-electron chi connectivity index (χ4n) is 1.24. The maximum Gasteiger partial charge on any atom is 0.335 e. The van der Waals surface area contributed by atoms with E-state index < -0.39 is 17.8 Å². The standard InChI is InChI=1S/C10H16ClNO3/c1-10(2,3)15-9(14)7-4-8(13)12(5-7)6-11/h4,8,13H,5-6H2,1-3H3/t8-/m0/s1. The van der Waals surface area contributed by atoms with Gasteiger partial charge in [-0.1, -0.05) is 0 Å². The second-order valence-corrected chi connectivity index (χ2v) is 4.71. The Morgan fingerprint density at radius 2 is 2.33 bits per heavy atom. The molecule has 0 amide bonds. The lowest BCUT2D eigenvalue weighted by atomic mass is 10.2. The molecule has 4 nitrogen and oxygen atoms in total. The Morgan fingerprint density at radius 3 is 2.73 bits per heavy atom. The van der Waals surface area contributed by atoms with Crippen molar-refractivity contribution >= 4 is 17.6 Å². The maximum absolute atomic E-state index is 11.6. The van der Waals surface area contributed by atoms with Crippen LogP contribution in [0.2, 0.25) is 0 Å². The van der Waals surface area contributed by atoms with Crippen molar-refractivity contribution in [3.8, 4) is 0 Å². The Kier molecular flexibility index (Phi) is 3.76. The van der Waals surface area contributed by atoms with Crippen LogP contribution in [0.25, 0.3) is 0 Å². The first-order chi connectivity index (χ1) is 6.83. The zero-order valence-corrected chi connectivity index (χ0v) is 9.91. The van der Waals surface area contributed by atoms with Gasteiger partial charge in [-0.3, -0.25) is 4.90 Å². The number of carbonyl (C=O) groups is 1. The first-order valence-corrected chi connectivity index (χ1v) is 5.29. The molecule has 86 valence electrons. The van der Waals surface area contributed by atoms with Crippen molar-refractivity contribution in [2.45, 2.75) is 32.6 Å². The molecule has 1 rings (SSSR count). The van der Waals surface area contributed by atoms with Crippen molar-refractivity contribution in [2.24, 2.45) is 0 Å². The van der Waals surface area contributed by atoms with Gasteiger partial charge in [0, 0.05) is 6.54 Å². The molecule has 1 aliphatic heterocycles. The van der Waals surface area contributed by atoms with Gasteiger partial charge in [-0.05, 0) is 26.8 Å². The molecule has 1 N–H and O–H groups in total. The zero-order chi connectivity index (χ0) is 11.6. The van der Waals surface area contributed by atoms with Gasteiger partial charge >= 0.3 is 5.97 Å². The Balaban J connectivity index is 2.60. The largest absolute Gasteiger partial charge is 0.457 e. The van der Waals surface area contributed by atoms with E-state index in [-0.39, 0.29) is 6.00 Å². The van der Waals surface area contributed by atoms with E-state index in [0.717, 1.165) is 0 Å². The molecule has 0 aromatic carbocycles. The first-order valence-electron chi connectivity index (χ1n) is 4.75. The van der Waals surface area contributed by atoms with Gasteiger partial charge in [0.25, 0.3) is 0 Å². The molecule has 1 heterocycles. The summed E-state index contributed by atoms with van der Waals surface area (Å²) in [6.07, 6.45) is 0.682. The second-order valence-electron chi connectivity index (χ2n) is 4.47. The number of halogens is 1. The summed E-state index contributed by atoms with van der Waals surface area (Å²) < 4.78 is 5.17. The quantitative estimate of drug-likeness (QED) is 0.441. The minimum atomic E-state index is -0.787. The third kappa shape index (κ3) is 3.48. The molecule has 5 heteroatoms. The van der Waals surface area contributed by atoms with Crippen molar-refractivity contribution in [1.29, 1.82) is 0 Å². The predicted molar refractivity (Wildman–Crippen MR) is 57.4 cm³/mol. The molecule has 1 atom stereocenters. The van der Waals surface area contributed by atoms with Crippen molar-refractivity contribution < 1.29 is 14.6 Å². The molecule has 0 bridgehead atoms. The molecule has 0 spiro atoms. The van der Waals surface area contributed by atoms with E-state index in [9.17, 15) is 9.90 Å². The summed E-state index contributed by atoms with van der Waals surface area (Å²) in [5.41, 5.74) is -0.0601. The number of rotatable bonds is 2. The Morgan fingerprint density at radius 1 is 1.73 bits per heavy atom. The number of aliphatic hydroxyl groups is 1. The summed E-state index contributed by atoms with van der Waals surface area (Å²) >= 11 is 5.59. The summed E-state index contributed by atoms with van der Waals surface area (Å²) in [5.74, 6) is -0.394. The maximum atomic E-state index is 11.6. The van der Waals surface area contributed by atoms with E-state index in [1.54, 1.807) is 25.7 Å². The highest BCUT2D eigenvalue weighted by atomic mass is 35.5. The summed E-state index contributed by atoms with van der Waals surface area (Å²) in [5, 5.41) is 9.46. The van der Waals surface area contributed by atoms with Gasteiger partial charge in [0.05, 0.1) is 11.6 Å². The molecule has 0 saturated carbocycles. The van der Waals surface area contributed by atoms with Gasteiger partial charge in [-0.15, -0.1) is 11.6 Å². The van der Waals surface area contributed by atoms with Crippen LogP contribution >= 0.6 is 11.6 Å². The average molecular weight is 234 g/mol. The SMILES string of the molecule is CC(C)(C)OC(=O)C1=C[C@H](O)N(CCl)C1. The highest BCUT2D eigenvalue weighted by Crippen LogP contribution is 2.18. The van der Waals surface area contributed by atoms with Crippen LogP contribution in [0.15, 0.2) is 11.6 Å². The van der Waals surface area contributed by atoms with Crippen LogP contribution in [0, 0.1) is 0 Å². The smallest absolute Gasteiger partial charge is 0.335 e. The van der Waals surface area contributed by atoms with Crippen LogP contribution in [0.1, 0.15) is 20.8 Å². The third-order valence-corrected chi connectivity index (χ3v) is 2.22.